The first-order valence-electron chi connectivity index (χ1n) is 8.77. The molecule has 1 rings (SSSR count). The van der Waals surface area contributed by atoms with Crippen LogP contribution < -0.4 is 0 Å². The highest BCUT2D eigenvalue weighted by Gasteiger charge is 2.16. The highest BCUT2D eigenvalue weighted by molar-refractivity contribution is 7.19. The molecule has 0 bridgehead atoms. The lowest BCUT2D eigenvalue weighted by molar-refractivity contribution is 0.117. The molecule has 0 spiro atoms. The lowest BCUT2D eigenvalue weighted by Crippen LogP contribution is -2.16. The third-order valence-electron chi connectivity index (χ3n) is 3.65. The molecule has 0 aliphatic heterocycles. The van der Waals surface area contributed by atoms with Crippen molar-refractivity contribution in [2.45, 2.75) is 64.3 Å². The van der Waals surface area contributed by atoms with Crippen molar-refractivity contribution in [2.75, 3.05) is 13.2 Å². The molecular formula is C18H32Cl2O2Si2. The quantitative estimate of drug-likeness (QED) is 0.227. The summed E-state index contributed by atoms with van der Waals surface area (Å²) < 4.78 is 11.5. The van der Waals surface area contributed by atoms with Crippen LogP contribution >= 0.6 is 22.2 Å². The van der Waals surface area contributed by atoms with Gasteiger partial charge in [0.15, 0.2) is 14.8 Å². The maximum atomic E-state index is 6.31. The van der Waals surface area contributed by atoms with Crippen LogP contribution in [0.1, 0.15) is 24.0 Å². The van der Waals surface area contributed by atoms with E-state index < -0.39 is 14.8 Å². The van der Waals surface area contributed by atoms with Gasteiger partial charge in [-0.2, -0.15) is 22.2 Å². The monoisotopic (exact) mass is 406 g/mol. The van der Waals surface area contributed by atoms with Crippen molar-refractivity contribution in [1.82, 2.24) is 0 Å². The van der Waals surface area contributed by atoms with Crippen molar-refractivity contribution in [1.29, 1.82) is 0 Å². The van der Waals surface area contributed by atoms with Crippen LogP contribution in [0.3, 0.4) is 0 Å². The zero-order chi connectivity index (χ0) is 18.1. The fraction of sp³-hybridized carbons (Fsp3) is 0.667. The van der Waals surface area contributed by atoms with Gasteiger partial charge in [-0.1, -0.05) is 50.5 Å². The van der Waals surface area contributed by atoms with Crippen LogP contribution in [0.25, 0.3) is 0 Å². The van der Waals surface area contributed by atoms with Crippen molar-refractivity contribution in [3.05, 3.63) is 35.4 Å². The number of benzene rings is 1. The average molecular weight is 408 g/mol. The summed E-state index contributed by atoms with van der Waals surface area (Å²) in [6.07, 6.45) is 2.09. The van der Waals surface area contributed by atoms with E-state index in [9.17, 15) is 0 Å². The van der Waals surface area contributed by atoms with E-state index in [-0.39, 0.29) is 0 Å². The molecule has 1 aromatic carbocycles. The molecule has 0 aromatic heterocycles. The number of halogens is 2. The molecule has 0 unspecified atom stereocenters. The van der Waals surface area contributed by atoms with Crippen LogP contribution in [-0.2, 0) is 22.7 Å². The summed E-state index contributed by atoms with van der Waals surface area (Å²) in [6, 6.07) is 10.6. The maximum Gasteiger partial charge on any atom is 0.150 e. The molecule has 6 heteroatoms. The topological polar surface area (TPSA) is 18.5 Å². The van der Waals surface area contributed by atoms with Gasteiger partial charge < -0.3 is 9.47 Å². The SMILES string of the molecule is C[Si](C)(Cl)CCCOCc1cccc(COCCC[Si](C)(C)Cl)c1. The summed E-state index contributed by atoms with van der Waals surface area (Å²) in [5, 5.41) is 0. The van der Waals surface area contributed by atoms with Crippen LogP contribution in [0.5, 0.6) is 0 Å². The molecule has 0 aliphatic carbocycles. The van der Waals surface area contributed by atoms with E-state index in [0.29, 0.717) is 13.2 Å². The Hall–Kier alpha value is 0.154. The van der Waals surface area contributed by atoms with Crippen LogP contribution in [0.2, 0.25) is 38.3 Å². The van der Waals surface area contributed by atoms with E-state index in [1.165, 1.54) is 11.1 Å². The molecule has 1 aromatic rings. The maximum absolute atomic E-state index is 6.31. The molecule has 0 aliphatic rings. The molecular weight excluding hydrogens is 375 g/mol. The van der Waals surface area contributed by atoms with Gasteiger partial charge in [-0.25, -0.2) is 0 Å². The first kappa shape index (κ1) is 22.2. The Kier molecular flexibility index (Phi) is 10.2. The minimum Gasteiger partial charge on any atom is -0.377 e. The standard InChI is InChI=1S/C18H32Cl2O2Si2/c1-23(2,19)12-6-10-21-15-17-8-5-9-18(14-17)16-22-11-7-13-24(3,4)20/h5,8-9,14H,6-7,10-13,15-16H2,1-4H3. The Morgan fingerprint density at radius 1 is 0.792 bits per heavy atom. The van der Waals surface area contributed by atoms with Gasteiger partial charge in [0, 0.05) is 13.2 Å². The van der Waals surface area contributed by atoms with Gasteiger partial charge in [-0.05, 0) is 36.1 Å². The Morgan fingerprint density at radius 2 is 1.21 bits per heavy atom. The summed E-state index contributed by atoms with van der Waals surface area (Å²) >= 11 is 12.6. The van der Waals surface area contributed by atoms with Crippen molar-refractivity contribution in [3.8, 4) is 0 Å². The van der Waals surface area contributed by atoms with Gasteiger partial charge in [0.25, 0.3) is 0 Å². The van der Waals surface area contributed by atoms with Gasteiger partial charge in [0.1, 0.15) is 0 Å². The van der Waals surface area contributed by atoms with E-state index in [1.807, 2.05) is 0 Å². The second-order valence-corrected chi connectivity index (χ2v) is 21.6. The molecule has 0 saturated carbocycles. The number of hydrogen-bond donors (Lipinski definition) is 0. The third-order valence-corrected chi connectivity index (χ3v) is 7.87. The van der Waals surface area contributed by atoms with Gasteiger partial charge in [0.2, 0.25) is 0 Å². The van der Waals surface area contributed by atoms with Crippen LogP contribution in [-0.4, -0.2) is 28.0 Å². The first-order chi connectivity index (χ1) is 11.2. The normalized spacial score (nSPS) is 12.6. The van der Waals surface area contributed by atoms with Crippen LogP contribution in [0, 0.1) is 0 Å². The minimum atomic E-state index is -1.46. The van der Waals surface area contributed by atoms with Crippen LogP contribution in [0.4, 0.5) is 0 Å². The predicted molar refractivity (Wildman–Crippen MR) is 111 cm³/mol. The van der Waals surface area contributed by atoms with Gasteiger partial charge in [-0.3, -0.25) is 0 Å². The van der Waals surface area contributed by atoms with Crippen LogP contribution in [0.15, 0.2) is 24.3 Å². The Labute approximate surface area is 159 Å². The lowest BCUT2D eigenvalue weighted by Gasteiger charge is -2.13. The summed E-state index contributed by atoms with van der Waals surface area (Å²) in [7, 11) is -2.92. The summed E-state index contributed by atoms with van der Waals surface area (Å²) in [4.78, 5) is 0. The third kappa shape index (κ3) is 12.5. The molecule has 0 radical (unpaired) electrons. The molecule has 0 fully saturated rings. The molecule has 0 saturated heterocycles. The van der Waals surface area contributed by atoms with E-state index in [0.717, 1.165) is 38.1 Å². The molecule has 0 heterocycles. The Bertz CT molecular complexity index is 432. The predicted octanol–water partition coefficient (Wildman–Crippen LogP) is 6.39. The van der Waals surface area contributed by atoms with Crippen molar-refractivity contribution in [2.24, 2.45) is 0 Å². The molecule has 0 amide bonds. The second-order valence-electron chi connectivity index (χ2n) is 7.57. The average Bonchev–Trinajstić information content (AvgIpc) is 2.44. The molecule has 138 valence electrons. The smallest absolute Gasteiger partial charge is 0.150 e. The zero-order valence-electron chi connectivity index (χ0n) is 15.5. The summed E-state index contributed by atoms with van der Waals surface area (Å²) in [5.41, 5.74) is 2.40. The van der Waals surface area contributed by atoms with E-state index in [1.54, 1.807) is 0 Å². The fourth-order valence-corrected chi connectivity index (χ4v) is 5.15. The number of rotatable bonds is 12. The molecule has 24 heavy (non-hydrogen) atoms. The largest absolute Gasteiger partial charge is 0.377 e. The first-order valence-corrected chi connectivity index (χ1v) is 17.2. The second kappa shape index (κ2) is 11.0. The zero-order valence-corrected chi connectivity index (χ0v) is 19.1. The molecule has 2 nitrogen and oxygen atoms in total. The summed E-state index contributed by atoms with van der Waals surface area (Å²) in [5.74, 6) is 0. The summed E-state index contributed by atoms with van der Waals surface area (Å²) in [6.45, 7) is 11.6. The van der Waals surface area contributed by atoms with E-state index >= 15 is 0 Å². The van der Waals surface area contributed by atoms with Gasteiger partial charge in [0.05, 0.1) is 13.2 Å². The number of ether oxygens (including phenoxy) is 2. The van der Waals surface area contributed by atoms with Gasteiger partial charge >= 0.3 is 0 Å². The fourth-order valence-electron chi connectivity index (χ4n) is 2.38. The van der Waals surface area contributed by atoms with Gasteiger partial charge in [-0.15, -0.1) is 0 Å². The Balaban J connectivity index is 2.21. The minimum absolute atomic E-state index is 0.657. The van der Waals surface area contributed by atoms with Crippen molar-refractivity contribution in [3.63, 3.8) is 0 Å². The lowest BCUT2D eigenvalue weighted by atomic mass is 10.1. The highest BCUT2D eigenvalue weighted by atomic mass is 35.6. The Morgan fingerprint density at radius 3 is 1.58 bits per heavy atom. The van der Waals surface area contributed by atoms with E-state index in [4.69, 9.17) is 31.6 Å². The molecule has 0 atom stereocenters. The highest BCUT2D eigenvalue weighted by Crippen LogP contribution is 2.17. The molecule has 0 N–H and O–H groups in total. The van der Waals surface area contributed by atoms with Crippen molar-refractivity contribution < 1.29 is 9.47 Å². The number of hydrogen-bond acceptors (Lipinski definition) is 2. The van der Waals surface area contributed by atoms with E-state index in [2.05, 4.69) is 50.5 Å². The van der Waals surface area contributed by atoms with Crippen molar-refractivity contribution >= 4 is 36.9 Å².